The van der Waals surface area contributed by atoms with E-state index in [4.69, 9.17) is 0 Å². The SMILES string of the molecule is CC1N(c2ncnc3c2c(C2CC2)cn3C2CCCCC2)C(F)C(F)N(C(=O)O)C1(F)C(C)(C)C. The van der Waals surface area contributed by atoms with E-state index < -0.39 is 35.9 Å². The molecule has 1 amide bonds. The van der Waals surface area contributed by atoms with Crippen LogP contribution in [0.25, 0.3) is 11.0 Å². The van der Waals surface area contributed by atoms with E-state index in [1.807, 2.05) is 0 Å². The highest BCUT2D eigenvalue weighted by Gasteiger charge is 2.65. The van der Waals surface area contributed by atoms with Crippen LogP contribution in [0.2, 0.25) is 0 Å². The number of carbonyl (C=O) groups is 1. The maximum Gasteiger partial charge on any atom is 0.412 e. The fraction of sp³-hybridized carbons (Fsp3) is 0.720. The molecule has 0 spiro atoms. The molecule has 2 aromatic heterocycles. The molecule has 4 unspecified atom stereocenters. The zero-order chi connectivity index (χ0) is 25.3. The molecule has 0 radical (unpaired) electrons. The molecular formula is C25H34F3N5O2. The Morgan fingerprint density at radius 2 is 1.74 bits per heavy atom. The van der Waals surface area contributed by atoms with Gasteiger partial charge in [-0.3, -0.25) is 0 Å². The van der Waals surface area contributed by atoms with Gasteiger partial charge >= 0.3 is 6.09 Å². The van der Waals surface area contributed by atoms with Gasteiger partial charge in [0.15, 0.2) is 0 Å². The number of piperazine rings is 1. The summed E-state index contributed by atoms with van der Waals surface area (Å²) in [6, 6.07) is -1.07. The Morgan fingerprint density at radius 1 is 1.09 bits per heavy atom. The molecule has 0 bridgehead atoms. The normalized spacial score (nSPS) is 30.8. The third-order valence-electron chi connectivity index (χ3n) is 8.17. The Kier molecular flexibility index (Phi) is 5.71. The van der Waals surface area contributed by atoms with E-state index in [1.54, 1.807) is 0 Å². The zero-order valence-corrected chi connectivity index (χ0v) is 20.7. The summed E-state index contributed by atoms with van der Waals surface area (Å²) in [7, 11) is 0. The maximum absolute atomic E-state index is 16.8. The third kappa shape index (κ3) is 3.57. The molecule has 3 heterocycles. The Bertz CT molecular complexity index is 1120. The van der Waals surface area contributed by atoms with Gasteiger partial charge in [0.25, 0.3) is 0 Å². The van der Waals surface area contributed by atoms with Crippen molar-refractivity contribution in [3.05, 3.63) is 18.1 Å². The number of aromatic nitrogens is 3. The number of halogens is 3. The molecule has 2 aromatic rings. The lowest BCUT2D eigenvalue weighted by Gasteiger charge is -2.57. The van der Waals surface area contributed by atoms with Crippen LogP contribution in [-0.2, 0) is 0 Å². The summed E-state index contributed by atoms with van der Waals surface area (Å²) < 4.78 is 50.1. The summed E-state index contributed by atoms with van der Waals surface area (Å²) in [6.45, 7) is 5.89. The molecule has 3 fully saturated rings. The molecular weight excluding hydrogens is 459 g/mol. The molecule has 3 aliphatic rings. The minimum absolute atomic E-state index is 0.00617. The van der Waals surface area contributed by atoms with Gasteiger partial charge < -0.3 is 14.6 Å². The van der Waals surface area contributed by atoms with Gasteiger partial charge in [-0.25, -0.2) is 32.8 Å². The van der Waals surface area contributed by atoms with Crippen molar-refractivity contribution in [1.29, 1.82) is 0 Å². The molecule has 0 aromatic carbocycles. The summed E-state index contributed by atoms with van der Waals surface area (Å²) in [4.78, 5) is 21.9. The van der Waals surface area contributed by atoms with E-state index in [0.717, 1.165) is 49.0 Å². The number of alkyl halides is 3. The Hall–Kier alpha value is -2.52. The molecule has 1 N–H and O–H groups in total. The van der Waals surface area contributed by atoms with Crippen LogP contribution in [-0.4, -0.2) is 55.1 Å². The number of nitrogens with zero attached hydrogens (tertiary/aromatic N) is 5. The monoisotopic (exact) mass is 493 g/mol. The van der Waals surface area contributed by atoms with Crippen LogP contribution in [0.1, 0.15) is 90.2 Å². The smallest absolute Gasteiger partial charge is 0.412 e. The van der Waals surface area contributed by atoms with Gasteiger partial charge in [0, 0.05) is 17.7 Å². The first-order chi connectivity index (χ1) is 16.5. The van der Waals surface area contributed by atoms with Gasteiger partial charge in [-0.2, -0.15) is 0 Å². The standard InChI is InChI=1S/C25H34F3N5O2/c1-14-25(28,24(2,3)4)33(23(34)35)20(27)19(26)32(14)22-18-17(15-10-11-15)12-31(21(18)29-13-30-22)16-8-6-5-7-9-16/h12-16,19-20H,5-11H2,1-4H3,(H,34,35). The molecule has 5 rings (SSSR count). The van der Waals surface area contributed by atoms with Crippen LogP contribution in [0.3, 0.4) is 0 Å². The van der Waals surface area contributed by atoms with Crippen molar-refractivity contribution in [2.75, 3.05) is 4.90 Å². The first-order valence-electron chi connectivity index (χ1n) is 12.6. The Balaban J connectivity index is 1.69. The van der Waals surface area contributed by atoms with Crippen molar-refractivity contribution in [3.8, 4) is 0 Å². The fourth-order valence-electron chi connectivity index (χ4n) is 6.20. The number of carboxylic acid groups (broad SMARTS) is 1. The van der Waals surface area contributed by atoms with Crippen LogP contribution in [0, 0.1) is 5.41 Å². The second-order valence-corrected chi connectivity index (χ2v) is 11.4. The van der Waals surface area contributed by atoms with Gasteiger partial charge in [-0.1, -0.05) is 40.0 Å². The zero-order valence-electron chi connectivity index (χ0n) is 20.7. The van der Waals surface area contributed by atoms with Crippen LogP contribution >= 0.6 is 0 Å². The second kappa shape index (κ2) is 8.27. The second-order valence-electron chi connectivity index (χ2n) is 11.4. The van der Waals surface area contributed by atoms with E-state index >= 15 is 13.2 Å². The number of fused-ring (bicyclic) bond motifs is 1. The average molecular weight is 494 g/mol. The molecule has 4 atom stereocenters. The topological polar surface area (TPSA) is 74.5 Å². The van der Waals surface area contributed by atoms with Crippen molar-refractivity contribution >= 4 is 22.9 Å². The summed E-state index contributed by atoms with van der Waals surface area (Å²) in [5.74, 6) is -2.31. The van der Waals surface area contributed by atoms with Crippen molar-refractivity contribution in [2.24, 2.45) is 5.41 Å². The van der Waals surface area contributed by atoms with Crippen molar-refractivity contribution < 1.29 is 23.1 Å². The van der Waals surface area contributed by atoms with E-state index in [-0.39, 0.29) is 22.7 Å². The molecule has 192 valence electrons. The largest absolute Gasteiger partial charge is 0.465 e. The molecule has 2 aliphatic carbocycles. The fourth-order valence-corrected chi connectivity index (χ4v) is 6.20. The first kappa shape index (κ1) is 24.2. The molecule has 1 saturated heterocycles. The number of amides is 1. The summed E-state index contributed by atoms with van der Waals surface area (Å²) >= 11 is 0. The first-order valence-corrected chi connectivity index (χ1v) is 12.6. The van der Waals surface area contributed by atoms with Gasteiger partial charge in [-0.15, -0.1) is 0 Å². The summed E-state index contributed by atoms with van der Waals surface area (Å²) in [5, 5.41) is 10.3. The average Bonchev–Trinajstić information content (AvgIpc) is 3.57. The minimum Gasteiger partial charge on any atom is -0.465 e. The summed E-state index contributed by atoms with van der Waals surface area (Å²) in [6.07, 6.45) is 3.90. The van der Waals surface area contributed by atoms with Gasteiger partial charge in [0.2, 0.25) is 18.4 Å². The van der Waals surface area contributed by atoms with Gasteiger partial charge in [-0.05, 0) is 44.1 Å². The number of hydrogen-bond donors (Lipinski definition) is 1. The van der Waals surface area contributed by atoms with Crippen molar-refractivity contribution in [1.82, 2.24) is 19.4 Å². The quantitative estimate of drug-likeness (QED) is 0.508. The van der Waals surface area contributed by atoms with E-state index in [9.17, 15) is 9.90 Å². The maximum atomic E-state index is 16.8. The predicted octanol–water partition coefficient (Wildman–Crippen LogP) is 6.31. The minimum atomic E-state index is -2.72. The highest BCUT2D eigenvalue weighted by atomic mass is 19.2. The molecule has 2 saturated carbocycles. The number of hydrogen-bond acceptors (Lipinski definition) is 4. The lowest BCUT2D eigenvalue weighted by Crippen LogP contribution is -2.75. The van der Waals surface area contributed by atoms with Crippen molar-refractivity contribution in [2.45, 2.75) is 109 Å². The van der Waals surface area contributed by atoms with Gasteiger partial charge in [0.05, 0.1) is 11.4 Å². The van der Waals surface area contributed by atoms with Gasteiger partial charge in [0.1, 0.15) is 17.8 Å². The lowest BCUT2D eigenvalue weighted by molar-refractivity contribution is -0.193. The van der Waals surface area contributed by atoms with Crippen molar-refractivity contribution in [3.63, 3.8) is 0 Å². The molecule has 10 heteroatoms. The van der Waals surface area contributed by atoms with E-state index in [2.05, 4.69) is 20.7 Å². The predicted molar refractivity (Wildman–Crippen MR) is 127 cm³/mol. The van der Waals surface area contributed by atoms with Crippen LogP contribution in [0.4, 0.5) is 23.8 Å². The van der Waals surface area contributed by atoms with E-state index in [1.165, 1.54) is 40.4 Å². The molecule has 1 aliphatic heterocycles. The lowest BCUT2D eigenvalue weighted by atomic mass is 9.77. The van der Waals surface area contributed by atoms with Crippen LogP contribution in [0.15, 0.2) is 12.5 Å². The van der Waals surface area contributed by atoms with Crippen LogP contribution in [0.5, 0.6) is 0 Å². The molecule has 35 heavy (non-hydrogen) atoms. The Labute approximate surface area is 203 Å². The summed E-state index contributed by atoms with van der Waals surface area (Å²) in [5.41, 5.74) is 0.295. The number of rotatable bonds is 3. The van der Waals surface area contributed by atoms with Crippen LogP contribution < -0.4 is 4.90 Å². The third-order valence-corrected chi connectivity index (χ3v) is 8.17. The highest BCUT2D eigenvalue weighted by Crippen LogP contribution is 2.52. The highest BCUT2D eigenvalue weighted by molar-refractivity contribution is 5.92. The molecule has 7 nitrogen and oxygen atoms in total. The number of anilines is 1. The Morgan fingerprint density at radius 3 is 2.31 bits per heavy atom. The van der Waals surface area contributed by atoms with E-state index in [0.29, 0.717) is 11.0 Å².